The van der Waals surface area contributed by atoms with E-state index in [0.29, 0.717) is 5.71 Å². The van der Waals surface area contributed by atoms with E-state index < -0.39 is 6.03 Å². The first kappa shape index (κ1) is 9.24. The van der Waals surface area contributed by atoms with Crippen molar-refractivity contribution in [3.63, 3.8) is 0 Å². The Morgan fingerprint density at radius 3 is 2.92 bits per heavy atom. The van der Waals surface area contributed by atoms with Crippen LogP contribution in [-0.2, 0) is 7.05 Å². The van der Waals surface area contributed by atoms with Gasteiger partial charge in [-0.05, 0) is 6.92 Å². The number of primary amides is 1. The first-order valence-corrected chi connectivity index (χ1v) is 3.68. The maximum Gasteiger partial charge on any atom is 0.332 e. The molecule has 1 rings (SSSR count). The lowest BCUT2D eigenvalue weighted by Crippen LogP contribution is -2.25. The molecule has 6 nitrogen and oxygen atoms in total. The smallest absolute Gasteiger partial charge is 0.332 e. The summed E-state index contributed by atoms with van der Waals surface area (Å²) in [5, 5.41) is 7.70. The number of nitrogens with two attached hydrogens (primary N) is 1. The fraction of sp³-hybridized carbons (Fsp3) is 0.286. The number of nitrogens with zero attached hydrogens (tertiary/aromatic N) is 3. The lowest BCUT2D eigenvalue weighted by molar-refractivity contribution is 0.249. The molecule has 1 aromatic heterocycles. The Bertz CT molecular complexity index is 340. The summed E-state index contributed by atoms with van der Waals surface area (Å²) in [7, 11) is 1.80. The van der Waals surface area contributed by atoms with E-state index in [-0.39, 0.29) is 0 Å². The highest BCUT2D eigenvalue weighted by Gasteiger charge is 1.99. The molecule has 0 unspecified atom stereocenters. The minimum absolute atomic E-state index is 0.659. The number of aryl methyl sites for hydroxylation is 1. The van der Waals surface area contributed by atoms with Crippen molar-refractivity contribution in [2.45, 2.75) is 6.92 Å². The summed E-state index contributed by atoms with van der Waals surface area (Å²) < 4.78 is 1.65. The number of rotatable bonds is 2. The van der Waals surface area contributed by atoms with Crippen molar-refractivity contribution in [2.75, 3.05) is 0 Å². The second kappa shape index (κ2) is 3.70. The van der Waals surface area contributed by atoms with Crippen LogP contribution in [0.25, 0.3) is 0 Å². The van der Waals surface area contributed by atoms with E-state index in [2.05, 4.69) is 15.6 Å². The topological polar surface area (TPSA) is 85.3 Å². The molecule has 0 fully saturated rings. The highest BCUT2D eigenvalue weighted by atomic mass is 16.2. The van der Waals surface area contributed by atoms with Gasteiger partial charge < -0.3 is 5.73 Å². The van der Waals surface area contributed by atoms with Gasteiger partial charge in [0, 0.05) is 18.8 Å². The van der Waals surface area contributed by atoms with Crippen molar-refractivity contribution in [1.29, 1.82) is 0 Å². The Morgan fingerprint density at radius 1 is 1.77 bits per heavy atom. The average Bonchev–Trinajstić information content (AvgIpc) is 2.47. The third-order valence-corrected chi connectivity index (χ3v) is 1.46. The van der Waals surface area contributed by atoms with Crippen LogP contribution in [0, 0.1) is 0 Å². The van der Waals surface area contributed by atoms with E-state index >= 15 is 0 Å². The fourth-order valence-corrected chi connectivity index (χ4v) is 0.812. The number of urea groups is 1. The van der Waals surface area contributed by atoms with Gasteiger partial charge in [0.05, 0.1) is 11.9 Å². The lowest BCUT2D eigenvalue weighted by atomic mass is 10.2. The number of amides is 2. The van der Waals surface area contributed by atoms with E-state index in [1.807, 2.05) is 0 Å². The van der Waals surface area contributed by atoms with E-state index in [1.165, 1.54) is 0 Å². The summed E-state index contributed by atoms with van der Waals surface area (Å²) in [6.07, 6.45) is 3.45. The Labute approximate surface area is 75.4 Å². The molecule has 0 radical (unpaired) electrons. The molecule has 2 amide bonds. The van der Waals surface area contributed by atoms with E-state index in [0.717, 1.165) is 5.56 Å². The van der Waals surface area contributed by atoms with Gasteiger partial charge in [-0.3, -0.25) is 4.68 Å². The molecular weight excluding hydrogens is 170 g/mol. The Balaban J connectivity index is 2.72. The zero-order chi connectivity index (χ0) is 9.84. The van der Waals surface area contributed by atoms with Gasteiger partial charge in [-0.15, -0.1) is 0 Å². The molecule has 13 heavy (non-hydrogen) atoms. The van der Waals surface area contributed by atoms with Crippen LogP contribution < -0.4 is 11.2 Å². The van der Waals surface area contributed by atoms with Gasteiger partial charge in [0.1, 0.15) is 0 Å². The number of hydrogen-bond donors (Lipinski definition) is 2. The molecule has 0 aliphatic rings. The second-order valence-corrected chi connectivity index (χ2v) is 2.58. The van der Waals surface area contributed by atoms with Gasteiger partial charge >= 0.3 is 6.03 Å². The highest BCUT2D eigenvalue weighted by molar-refractivity contribution is 5.98. The third-order valence-electron chi connectivity index (χ3n) is 1.46. The normalized spacial score (nSPS) is 11.4. The SMILES string of the molecule is CC(=NNC(N)=O)c1cnn(C)c1. The van der Waals surface area contributed by atoms with Crippen molar-refractivity contribution in [2.24, 2.45) is 17.9 Å². The van der Waals surface area contributed by atoms with Crippen LogP contribution in [-0.4, -0.2) is 21.5 Å². The summed E-state index contributed by atoms with van der Waals surface area (Å²) in [6.45, 7) is 1.76. The first-order chi connectivity index (χ1) is 6.09. The minimum Gasteiger partial charge on any atom is -0.350 e. The average molecular weight is 181 g/mol. The van der Waals surface area contributed by atoms with Crippen molar-refractivity contribution in [3.05, 3.63) is 18.0 Å². The minimum atomic E-state index is -0.678. The van der Waals surface area contributed by atoms with Gasteiger partial charge in [-0.2, -0.15) is 10.2 Å². The van der Waals surface area contributed by atoms with Gasteiger partial charge in [-0.1, -0.05) is 0 Å². The Morgan fingerprint density at radius 2 is 2.46 bits per heavy atom. The maximum absolute atomic E-state index is 10.3. The predicted molar refractivity (Wildman–Crippen MR) is 48.1 cm³/mol. The van der Waals surface area contributed by atoms with Crippen LogP contribution in [0.15, 0.2) is 17.5 Å². The van der Waals surface area contributed by atoms with Gasteiger partial charge in [-0.25, -0.2) is 10.2 Å². The van der Waals surface area contributed by atoms with Crippen LogP contribution in [0.4, 0.5) is 4.79 Å². The second-order valence-electron chi connectivity index (χ2n) is 2.58. The molecule has 0 spiro atoms. The molecule has 0 saturated heterocycles. The molecule has 3 N–H and O–H groups in total. The fourth-order valence-electron chi connectivity index (χ4n) is 0.812. The van der Waals surface area contributed by atoms with E-state index in [9.17, 15) is 4.79 Å². The summed E-state index contributed by atoms with van der Waals surface area (Å²) >= 11 is 0. The van der Waals surface area contributed by atoms with Crippen molar-refractivity contribution < 1.29 is 4.79 Å². The van der Waals surface area contributed by atoms with Crippen LogP contribution in [0.2, 0.25) is 0 Å². The quantitative estimate of drug-likeness (QED) is 0.489. The molecule has 0 aliphatic carbocycles. The number of carbonyl (C=O) groups excluding carboxylic acids is 1. The third kappa shape index (κ3) is 2.58. The summed E-state index contributed by atoms with van der Waals surface area (Å²) in [6, 6.07) is -0.678. The molecule has 70 valence electrons. The van der Waals surface area contributed by atoms with Gasteiger partial charge in [0.2, 0.25) is 0 Å². The number of carbonyl (C=O) groups is 1. The Kier molecular flexibility index (Phi) is 2.63. The molecule has 6 heteroatoms. The van der Waals surface area contributed by atoms with Gasteiger partial charge in [0.25, 0.3) is 0 Å². The molecule has 0 saturated carbocycles. The lowest BCUT2D eigenvalue weighted by Gasteiger charge is -1.95. The molecule has 0 atom stereocenters. The largest absolute Gasteiger partial charge is 0.350 e. The summed E-state index contributed by atoms with van der Waals surface area (Å²) in [5.41, 5.74) is 8.49. The van der Waals surface area contributed by atoms with Crippen LogP contribution in [0.5, 0.6) is 0 Å². The number of nitrogens with one attached hydrogen (secondary N) is 1. The summed E-state index contributed by atoms with van der Waals surface area (Å²) in [4.78, 5) is 10.3. The molecule has 0 bridgehead atoms. The Hall–Kier alpha value is -1.85. The number of hydrazone groups is 1. The maximum atomic E-state index is 10.3. The predicted octanol–water partition coefficient (Wildman–Crippen LogP) is -0.188. The monoisotopic (exact) mass is 181 g/mol. The van der Waals surface area contributed by atoms with E-state index in [4.69, 9.17) is 5.73 Å². The molecule has 0 aromatic carbocycles. The molecular formula is C7H11N5O. The summed E-state index contributed by atoms with van der Waals surface area (Å²) in [5.74, 6) is 0. The highest BCUT2D eigenvalue weighted by Crippen LogP contribution is 1.97. The number of hydrogen-bond acceptors (Lipinski definition) is 3. The first-order valence-electron chi connectivity index (χ1n) is 3.68. The van der Waals surface area contributed by atoms with Crippen LogP contribution in [0.1, 0.15) is 12.5 Å². The van der Waals surface area contributed by atoms with Gasteiger partial charge in [0.15, 0.2) is 0 Å². The van der Waals surface area contributed by atoms with Crippen molar-refractivity contribution in [1.82, 2.24) is 15.2 Å². The zero-order valence-corrected chi connectivity index (χ0v) is 7.48. The van der Waals surface area contributed by atoms with Crippen LogP contribution >= 0.6 is 0 Å². The van der Waals surface area contributed by atoms with Crippen molar-refractivity contribution in [3.8, 4) is 0 Å². The molecule has 0 aliphatic heterocycles. The molecule has 1 aromatic rings. The number of aromatic nitrogens is 2. The standard InChI is InChI=1S/C7H11N5O/c1-5(10-11-7(8)13)6-3-9-12(2)4-6/h3-4H,1-2H3,(H3,8,11,13). The van der Waals surface area contributed by atoms with E-state index in [1.54, 1.807) is 31.0 Å². The van der Waals surface area contributed by atoms with Crippen molar-refractivity contribution >= 4 is 11.7 Å². The van der Waals surface area contributed by atoms with Crippen LogP contribution in [0.3, 0.4) is 0 Å². The zero-order valence-electron chi connectivity index (χ0n) is 7.48. The molecule has 1 heterocycles.